The van der Waals surface area contributed by atoms with Crippen LogP contribution in [-0.2, 0) is 4.74 Å². The van der Waals surface area contributed by atoms with E-state index in [9.17, 15) is 19.7 Å². The van der Waals surface area contributed by atoms with Gasteiger partial charge in [0, 0.05) is 11.6 Å². The Morgan fingerprint density at radius 1 is 0.968 bits per heavy atom. The Bertz CT molecular complexity index is 930. The van der Waals surface area contributed by atoms with Gasteiger partial charge in [0.05, 0.1) is 31.4 Å². The fraction of sp³-hybridized carbons (Fsp3) is 0.400. The number of amides is 1. The van der Waals surface area contributed by atoms with Gasteiger partial charge in [0.1, 0.15) is 10.6 Å². The molecule has 0 spiro atoms. The Kier molecular flexibility index (Phi) is 8.62. The molecule has 1 heterocycles. The van der Waals surface area contributed by atoms with Gasteiger partial charge in [0.25, 0.3) is 5.91 Å². The fourth-order valence-electron chi connectivity index (χ4n) is 2.62. The lowest BCUT2D eigenvalue weighted by atomic mass is 10.1. The summed E-state index contributed by atoms with van der Waals surface area (Å²) >= 11 is 0.666. The second kappa shape index (κ2) is 11.2. The summed E-state index contributed by atoms with van der Waals surface area (Å²) in [5.74, 6) is -0.348. The Labute approximate surface area is 183 Å². The highest BCUT2D eigenvalue weighted by Crippen LogP contribution is 2.40. The molecule has 0 aliphatic rings. The summed E-state index contributed by atoms with van der Waals surface area (Å²) in [5, 5.41) is 13.4. The van der Waals surface area contributed by atoms with Crippen molar-refractivity contribution in [3.8, 4) is 17.2 Å². The predicted octanol–water partition coefficient (Wildman–Crippen LogP) is 4.28. The molecular weight excluding hydrogens is 428 g/mol. The number of hydrogen-bond acceptors (Lipinski definition) is 9. The lowest BCUT2D eigenvalue weighted by Gasteiger charge is -2.17. The Morgan fingerprint density at radius 2 is 1.55 bits per heavy atom. The quantitative estimate of drug-likeness (QED) is 0.304. The number of carbonyl (C=O) groups is 2. The Hall–Kier alpha value is -3.34. The zero-order chi connectivity index (χ0) is 23.0. The average Bonchev–Trinajstić information content (AvgIpc) is 3.15. The highest BCUT2D eigenvalue weighted by Gasteiger charge is 2.25. The molecule has 0 saturated carbocycles. The molecule has 0 bridgehead atoms. The van der Waals surface area contributed by atoms with Crippen LogP contribution in [-0.4, -0.2) is 43.2 Å². The summed E-state index contributed by atoms with van der Waals surface area (Å²) in [7, 11) is 0. The third-order valence-corrected chi connectivity index (χ3v) is 4.79. The van der Waals surface area contributed by atoms with Crippen molar-refractivity contribution in [3.05, 3.63) is 39.4 Å². The third-order valence-electron chi connectivity index (χ3n) is 3.79. The van der Waals surface area contributed by atoms with Crippen molar-refractivity contribution in [2.75, 3.05) is 31.7 Å². The van der Waals surface area contributed by atoms with Crippen LogP contribution in [0.2, 0.25) is 0 Å². The van der Waals surface area contributed by atoms with E-state index in [0.717, 1.165) is 6.07 Å². The number of esters is 1. The van der Waals surface area contributed by atoms with Crippen LogP contribution < -0.4 is 19.5 Å². The summed E-state index contributed by atoms with van der Waals surface area (Å²) in [6, 6.07) is 4.05. The van der Waals surface area contributed by atoms with E-state index in [1.54, 1.807) is 20.8 Å². The van der Waals surface area contributed by atoms with Crippen molar-refractivity contribution in [3.63, 3.8) is 0 Å². The lowest BCUT2D eigenvalue weighted by Crippen LogP contribution is -2.15. The van der Waals surface area contributed by atoms with E-state index < -0.39 is 16.8 Å². The van der Waals surface area contributed by atoms with E-state index >= 15 is 0 Å². The van der Waals surface area contributed by atoms with Crippen molar-refractivity contribution in [2.24, 2.45) is 0 Å². The molecule has 0 aliphatic heterocycles. The van der Waals surface area contributed by atoms with Gasteiger partial charge in [-0.1, -0.05) is 0 Å². The van der Waals surface area contributed by atoms with Crippen LogP contribution in [0.25, 0.3) is 0 Å². The largest absolute Gasteiger partial charge is 0.490 e. The molecule has 168 valence electrons. The number of benzene rings is 1. The number of nitrogens with one attached hydrogen (secondary N) is 1. The first-order valence-electron chi connectivity index (χ1n) is 9.69. The van der Waals surface area contributed by atoms with Gasteiger partial charge < -0.3 is 24.3 Å². The smallest absolute Gasteiger partial charge is 0.341 e. The maximum absolute atomic E-state index is 12.9. The number of ether oxygens (including phenoxy) is 4. The van der Waals surface area contributed by atoms with Crippen molar-refractivity contribution in [2.45, 2.75) is 27.7 Å². The lowest BCUT2D eigenvalue weighted by molar-refractivity contribution is -0.380. The van der Waals surface area contributed by atoms with Crippen molar-refractivity contribution in [1.82, 2.24) is 0 Å². The van der Waals surface area contributed by atoms with E-state index in [1.807, 2.05) is 6.92 Å². The van der Waals surface area contributed by atoms with E-state index in [-0.39, 0.29) is 27.7 Å². The van der Waals surface area contributed by atoms with E-state index in [0.29, 0.717) is 48.4 Å². The van der Waals surface area contributed by atoms with Gasteiger partial charge in [-0.3, -0.25) is 14.9 Å². The van der Waals surface area contributed by atoms with Crippen LogP contribution in [0.5, 0.6) is 17.2 Å². The number of hydrogen-bond donors (Lipinski definition) is 1. The van der Waals surface area contributed by atoms with Gasteiger partial charge in [0.15, 0.2) is 11.5 Å². The molecule has 11 heteroatoms. The number of nitro groups is 1. The number of nitrogens with zero attached hydrogens (tertiary/aromatic N) is 1. The Balaban J connectivity index is 2.45. The second-order valence-electron chi connectivity index (χ2n) is 5.86. The zero-order valence-corrected chi connectivity index (χ0v) is 18.5. The maximum Gasteiger partial charge on any atom is 0.341 e. The van der Waals surface area contributed by atoms with Crippen molar-refractivity contribution < 1.29 is 33.5 Å². The van der Waals surface area contributed by atoms with E-state index in [2.05, 4.69) is 5.32 Å². The summed E-state index contributed by atoms with van der Waals surface area (Å²) in [6.45, 7) is 8.13. The predicted molar refractivity (Wildman–Crippen MR) is 115 cm³/mol. The molecule has 0 aliphatic carbocycles. The number of rotatable bonds is 11. The van der Waals surface area contributed by atoms with E-state index in [4.69, 9.17) is 18.9 Å². The van der Waals surface area contributed by atoms with Gasteiger partial charge in [-0.2, -0.15) is 0 Å². The molecule has 0 unspecified atom stereocenters. The number of carbonyl (C=O) groups excluding carboxylic acids is 2. The van der Waals surface area contributed by atoms with Crippen LogP contribution in [0.3, 0.4) is 0 Å². The molecular formula is C20H24N2O8S. The monoisotopic (exact) mass is 452 g/mol. The highest BCUT2D eigenvalue weighted by atomic mass is 32.1. The molecule has 2 aromatic rings. The van der Waals surface area contributed by atoms with Crippen molar-refractivity contribution in [1.29, 1.82) is 0 Å². The second-order valence-corrected chi connectivity index (χ2v) is 6.89. The molecule has 1 amide bonds. The van der Waals surface area contributed by atoms with Crippen LogP contribution in [0.15, 0.2) is 18.2 Å². The summed E-state index contributed by atoms with van der Waals surface area (Å²) in [6.07, 6.45) is 0. The molecule has 31 heavy (non-hydrogen) atoms. The molecule has 1 aromatic heterocycles. The summed E-state index contributed by atoms with van der Waals surface area (Å²) < 4.78 is 21.8. The molecule has 10 nitrogen and oxygen atoms in total. The zero-order valence-electron chi connectivity index (χ0n) is 17.7. The van der Waals surface area contributed by atoms with Gasteiger partial charge in [-0.25, -0.2) is 4.79 Å². The molecule has 2 rings (SSSR count). The van der Waals surface area contributed by atoms with Crippen molar-refractivity contribution >= 4 is 33.2 Å². The Morgan fingerprint density at radius 3 is 2.03 bits per heavy atom. The minimum absolute atomic E-state index is 0.0138. The molecule has 0 atom stereocenters. The molecule has 0 radical (unpaired) electrons. The highest BCUT2D eigenvalue weighted by molar-refractivity contribution is 7.19. The minimum Gasteiger partial charge on any atom is -0.490 e. The van der Waals surface area contributed by atoms with Gasteiger partial charge in [0.2, 0.25) is 5.75 Å². The number of thiophene rings is 1. The minimum atomic E-state index is -0.765. The molecule has 0 fully saturated rings. The SMILES string of the molecule is CCOC(=O)c1cc([N+](=O)[O-])sc1NC(=O)c1cc(OCC)c(OCC)c(OCC)c1. The van der Waals surface area contributed by atoms with Gasteiger partial charge >= 0.3 is 11.0 Å². The van der Waals surface area contributed by atoms with Crippen LogP contribution in [0, 0.1) is 10.1 Å². The molecule has 0 saturated heterocycles. The van der Waals surface area contributed by atoms with Gasteiger partial charge in [-0.15, -0.1) is 0 Å². The van der Waals surface area contributed by atoms with Crippen LogP contribution >= 0.6 is 11.3 Å². The summed E-state index contributed by atoms with van der Waals surface area (Å²) in [4.78, 5) is 35.6. The molecule has 1 aromatic carbocycles. The van der Waals surface area contributed by atoms with Gasteiger partial charge in [-0.05, 0) is 51.2 Å². The topological polar surface area (TPSA) is 126 Å². The average molecular weight is 452 g/mol. The van der Waals surface area contributed by atoms with Crippen LogP contribution in [0.1, 0.15) is 48.4 Å². The first-order valence-corrected chi connectivity index (χ1v) is 10.5. The normalized spacial score (nSPS) is 10.3. The standard InChI is InChI=1S/C20H24N2O8S/c1-5-27-14-9-12(10-15(28-6-2)17(14)29-7-3)18(23)21-19-13(20(24)30-8-4)11-16(31-19)22(25)26/h9-11H,5-8H2,1-4H3,(H,21,23). The fourth-order valence-corrected chi connectivity index (χ4v) is 3.47. The summed E-state index contributed by atoms with van der Waals surface area (Å²) in [5.41, 5.74) is 0.0779. The number of anilines is 1. The molecule has 1 N–H and O–H groups in total. The van der Waals surface area contributed by atoms with E-state index in [1.165, 1.54) is 12.1 Å². The maximum atomic E-state index is 12.9. The first-order chi connectivity index (χ1) is 14.9. The van der Waals surface area contributed by atoms with Crippen LogP contribution in [0.4, 0.5) is 10.0 Å². The first kappa shape index (κ1) is 23.9. The third kappa shape index (κ3) is 5.85.